The minimum absolute atomic E-state index is 0.0201. The standard InChI is InChI=1S/C4H9O5PS/c1-11-3-2-4(5)9-10(6,7)8/h2-3H2,1H3,(H2,6,7,8). The molecule has 0 aromatic carbocycles. The lowest BCUT2D eigenvalue weighted by Crippen LogP contribution is -2.02. The van der Waals surface area contributed by atoms with Crippen molar-refractivity contribution in [1.29, 1.82) is 0 Å². The van der Waals surface area contributed by atoms with Crippen LogP contribution in [0.3, 0.4) is 0 Å². The van der Waals surface area contributed by atoms with Gasteiger partial charge in [0.15, 0.2) is 0 Å². The molecule has 0 unspecified atom stereocenters. The largest absolute Gasteiger partial charge is 0.526 e. The van der Waals surface area contributed by atoms with Gasteiger partial charge in [-0.15, -0.1) is 0 Å². The van der Waals surface area contributed by atoms with E-state index in [9.17, 15) is 9.36 Å². The van der Waals surface area contributed by atoms with E-state index in [0.29, 0.717) is 5.75 Å². The van der Waals surface area contributed by atoms with Crippen molar-refractivity contribution >= 4 is 25.6 Å². The van der Waals surface area contributed by atoms with E-state index in [2.05, 4.69) is 4.52 Å². The fraction of sp³-hybridized carbons (Fsp3) is 0.750. The van der Waals surface area contributed by atoms with Crippen LogP contribution in [0.4, 0.5) is 0 Å². The van der Waals surface area contributed by atoms with Gasteiger partial charge < -0.3 is 4.52 Å². The van der Waals surface area contributed by atoms with Gasteiger partial charge in [0.05, 0.1) is 6.42 Å². The molecule has 0 aliphatic rings. The van der Waals surface area contributed by atoms with Crippen molar-refractivity contribution in [3.63, 3.8) is 0 Å². The highest BCUT2D eigenvalue weighted by atomic mass is 32.2. The Morgan fingerprint density at radius 2 is 2.18 bits per heavy atom. The fourth-order valence-corrected chi connectivity index (χ4v) is 1.09. The number of rotatable bonds is 4. The summed E-state index contributed by atoms with van der Waals surface area (Å²) < 4.78 is 13.8. The van der Waals surface area contributed by atoms with Crippen LogP contribution < -0.4 is 0 Å². The zero-order valence-electron chi connectivity index (χ0n) is 5.89. The van der Waals surface area contributed by atoms with Crippen LogP contribution in [-0.2, 0) is 13.9 Å². The maximum atomic E-state index is 10.5. The van der Waals surface area contributed by atoms with Crippen LogP contribution in [0.1, 0.15) is 6.42 Å². The van der Waals surface area contributed by atoms with E-state index >= 15 is 0 Å². The molecule has 0 aromatic rings. The van der Waals surface area contributed by atoms with Gasteiger partial charge in [0, 0.05) is 5.75 Å². The number of phosphoric acid groups is 1. The molecule has 0 aromatic heterocycles. The van der Waals surface area contributed by atoms with E-state index in [1.165, 1.54) is 11.8 Å². The summed E-state index contributed by atoms with van der Waals surface area (Å²) >= 11 is 1.40. The zero-order valence-corrected chi connectivity index (χ0v) is 7.60. The van der Waals surface area contributed by atoms with Crippen molar-refractivity contribution in [3.05, 3.63) is 0 Å². The second-order valence-electron chi connectivity index (χ2n) is 1.70. The van der Waals surface area contributed by atoms with Crippen LogP contribution in [0.25, 0.3) is 0 Å². The quantitative estimate of drug-likeness (QED) is 0.638. The minimum Gasteiger partial charge on any atom is -0.371 e. The number of thioether (sulfide) groups is 1. The number of hydrogen-bond acceptors (Lipinski definition) is 4. The van der Waals surface area contributed by atoms with Gasteiger partial charge in [0.1, 0.15) is 0 Å². The first-order valence-electron chi connectivity index (χ1n) is 2.72. The molecule has 0 atom stereocenters. The van der Waals surface area contributed by atoms with Crippen LogP contribution in [-0.4, -0.2) is 27.8 Å². The minimum atomic E-state index is -4.62. The topological polar surface area (TPSA) is 83.8 Å². The van der Waals surface area contributed by atoms with Crippen molar-refractivity contribution in [3.8, 4) is 0 Å². The lowest BCUT2D eigenvalue weighted by Gasteiger charge is -2.03. The molecule has 0 amide bonds. The lowest BCUT2D eigenvalue weighted by atomic mass is 10.5. The van der Waals surface area contributed by atoms with Gasteiger partial charge in [-0.05, 0) is 6.26 Å². The molecule has 0 aliphatic heterocycles. The molecule has 0 heterocycles. The monoisotopic (exact) mass is 200 g/mol. The normalized spacial score (nSPS) is 11.2. The number of carbonyl (C=O) groups is 1. The van der Waals surface area contributed by atoms with E-state index < -0.39 is 13.8 Å². The molecule has 0 saturated heterocycles. The number of hydrogen-bond donors (Lipinski definition) is 2. The molecular formula is C4H9O5PS. The van der Waals surface area contributed by atoms with Crippen molar-refractivity contribution in [1.82, 2.24) is 0 Å². The Hall–Kier alpha value is -0.0300. The Bertz CT molecular complexity index is 175. The summed E-state index contributed by atoms with van der Waals surface area (Å²) in [7, 11) is -4.62. The first-order chi connectivity index (χ1) is 4.95. The number of phosphoric ester groups is 1. The van der Waals surface area contributed by atoms with E-state index in [-0.39, 0.29) is 6.42 Å². The van der Waals surface area contributed by atoms with Gasteiger partial charge in [0.2, 0.25) is 0 Å². The van der Waals surface area contributed by atoms with Gasteiger partial charge in [-0.2, -0.15) is 11.8 Å². The Morgan fingerprint density at radius 3 is 2.55 bits per heavy atom. The molecule has 0 rings (SSSR count). The Kier molecular flexibility index (Phi) is 4.76. The van der Waals surface area contributed by atoms with Crippen molar-refractivity contribution in [2.75, 3.05) is 12.0 Å². The average Bonchev–Trinajstić information content (AvgIpc) is 1.79. The number of carbonyl (C=O) groups excluding carboxylic acids is 1. The smallest absolute Gasteiger partial charge is 0.371 e. The molecule has 7 heteroatoms. The first kappa shape index (κ1) is 11.0. The summed E-state index contributed by atoms with van der Waals surface area (Å²) in [5.41, 5.74) is 0. The predicted molar refractivity (Wildman–Crippen MR) is 41.1 cm³/mol. The van der Waals surface area contributed by atoms with Crippen LogP contribution in [0.15, 0.2) is 0 Å². The van der Waals surface area contributed by atoms with Gasteiger partial charge in [-0.3, -0.25) is 14.6 Å². The maximum absolute atomic E-state index is 10.5. The van der Waals surface area contributed by atoms with E-state index in [1.54, 1.807) is 6.26 Å². The summed E-state index contributed by atoms with van der Waals surface area (Å²) in [5, 5.41) is 0. The molecule has 0 bridgehead atoms. The third-order valence-electron chi connectivity index (χ3n) is 0.731. The summed E-state index contributed by atoms with van der Waals surface area (Å²) in [6.45, 7) is 0. The predicted octanol–water partition coefficient (Wildman–Crippen LogP) is 0.375. The molecule has 0 radical (unpaired) electrons. The van der Waals surface area contributed by atoms with Gasteiger partial charge in [-0.25, -0.2) is 4.57 Å². The second-order valence-corrected chi connectivity index (χ2v) is 3.85. The fourth-order valence-electron chi connectivity index (χ4n) is 0.364. The SMILES string of the molecule is CSCCC(=O)OP(=O)(O)O. The molecule has 66 valence electrons. The summed E-state index contributed by atoms with van der Waals surface area (Å²) in [4.78, 5) is 26.8. The van der Waals surface area contributed by atoms with E-state index in [0.717, 1.165) is 0 Å². The van der Waals surface area contributed by atoms with Crippen molar-refractivity contribution < 1.29 is 23.7 Å². The highest BCUT2D eigenvalue weighted by Crippen LogP contribution is 2.36. The summed E-state index contributed by atoms with van der Waals surface area (Å²) in [6.07, 6.45) is 1.80. The van der Waals surface area contributed by atoms with Gasteiger partial charge >= 0.3 is 13.8 Å². The van der Waals surface area contributed by atoms with E-state index in [4.69, 9.17) is 9.79 Å². The van der Waals surface area contributed by atoms with Gasteiger partial charge in [0.25, 0.3) is 0 Å². The van der Waals surface area contributed by atoms with E-state index in [1.807, 2.05) is 0 Å². The zero-order chi connectivity index (χ0) is 8.91. The Balaban J connectivity index is 3.62. The molecule has 11 heavy (non-hydrogen) atoms. The lowest BCUT2D eigenvalue weighted by molar-refractivity contribution is -0.135. The first-order valence-corrected chi connectivity index (χ1v) is 5.65. The molecule has 2 N–H and O–H groups in total. The second kappa shape index (κ2) is 4.77. The third kappa shape index (κ3) is 7.87. The Morgan fingerprint density at radius 1 is 1.64 bits per heavy atom. The Labute approximate surface area is 68.4 Å². The molecular weight excluding hydrogens is 191 g/mol. The molecule has 0 fully saturated rings. The van der Waals surface area contributed by atoms with Gasteiger partial charge in [-0.1, -0.05) is 0 Å². The van der Waals surface area contributed by atoms with Crippen LogP contribution in [0, 0.1) is 0 Å². The van der Waals surface area contributed by atoms with Crippen molar-refractivity contribution in [2.45, 2.75) is 6.42 Å². The molecule has 0 saturated carbocycles. The molecule has 0 aliphatic carbocycles. The summed E-state index contributed by atoms with van der Waals surface area (Å²) in [6, 6.07) is 0. The molecule has 5 nitrogen and oxygen atoms in total. The molecule has 0 spiro atoms. The van der Waals surface area contributed by atoms with Crippen LogP contribution in [0.5, 0.6) is 0 Å². The average molecular weight is 200 g/mol. The highest BCUT2D eigenvalue weighted by molar-refractivity contribution is 7.98. The third-order valence-corrected chi connectivity index (χ3v) is 1.78. The highest BCUT2D eigenvalue weighted by Gasteiger charge is 2.19. The van der Waals surface area contributed by atoms with Crippen molar-refractivity contribution in [2.24, 2.45) is 0 Å². The van der Waals surface area contributed by atoms with Crippen LogP contribution >= 0.6 is 19.6 Å². The summed E-state index contributed by atoms with van der Waals surface area (Å²) in [5.74, 6) is -0.369. The van der Waals surface area contributed by atoms with Crippen LogP contribution in [0.2, 0.25) is 0 Å². The maximum Gasteiger partial charge on any atom is 0.526 e.